The second-order valence-corrected chi connectivity index (χ2v) is 19.4. The zero-order valence-electron chi connectivity index (χ0n) is 36.6. The van der Waals surface area contributed by atoms with E-state index in [-0.39, 0.29) is 0 Å². The van der Waals surface area contributed by atoms with Gasteiger partial charge in [0.1, 0.15) is 11.2 Å². The number of benzene rings is 8. The van der Waals surface area contributed by atoms with E-state index in [1.807, 2.05) is 6.07 Å². The standard InChI is InChI=1S/C61H46N4O/c1-2-11-41(12-3-1)44-13-10-14-45(32-44)59-62-58(43-23-27-48(28-24-43)65-54-18-7-4-15-49(54)50-16-5-8-19-55(50)65)63-60(64-59)53-34-46(33-52-51-17-6-9-20-56(51)66-57(52)53)42-21-25-47(26-22-42)61-35-38-29-39(36-61)31-40(30-38)37-61/h1-28,32-34,38-40H,29-31,35-37H2. The number of hydrogen-bond donors (Lipinski definition) is 0. The maximum absolute atomic E-state index is 6.78. The molecule has 0 unspecified atom stereocenters. The normalized spacial score (nSPS) is 20.0. The topological polar surface area (TPSA) is 56.7 Å². The smallest absolute Gasteiger partial charge is 0.167 e. The molecule has 0 amide bonds. The molecule has 0 atom stereocenters. The Morgan fingerprint density at radius 1 is 0.409 bits per heavy atom. The Balaban J connectivity index is 0.931. The van der Waals surface area contributed by atoms with Crippen LogP contribution in [0.1, 0.15) is 44.1 Å². The summed E-state index contributed by atoms with van der Waals surface area (Å²) in [5.41, 5.74) is 14.1. The summed E-state index contributed by atoms with van der Waals surface area (Å²) in [7, 11) is 0. The minimum atomic E-state index is 0.348. The maximum Gasteiger partial charge on any atom is 0.167 e. The summed E-state index contributed by atoms with van der Waals surface area (Å²) >= 11 is 0. The molecule has 66 heavy (non-hydrogen) atoms. The van der Waals surface area contributed by atoms with Gasteiger partial charge in [-0.15, -0.1) is 0 Å². The SMILES string of the molecule is c1ccc(-c2cccc(-c3nc(-c4ccc(-n5c6ccccc6c6ccccc65)cc4)nc(-c4cc(-c5ccc(C67CC8CC(CC(C8)C6)C7)cc5)cc5c4oc4ccccc45)n3)c2)cc1. The van der Waals surface area contributed by atoms with Gasteiger partial charge < -0.3 is 8.98 Å². The van der Waals surface area contributed by atoms with Crippen LogP contribution in [0, 0.1) is 17.8 Å². The molecule has 0 spiro atoms. The fraction of sp³-hybridized carbons (Fsp3) is 0.164. The van der Waals surface area contributed by atoms with Crippen molar-refractivity contribution in [3.05, 3.63) is 194 Å². The van der Waals surface area contributed by atoms with Gasteiger partial charge in [-0.2, -0.15) is 0 Å². The number of fused-ring (bicyclic) bond motifs is 6. The summed E-state index contributed by atoms with van der Waals surface area (Å²) < 4.78 is 9.12. The van der Waals surface area contributed by atoms with Crippen LogP contribution in [0.5, 0.6) is 0 Å². The Bertz CT molecular complexity index is 3590. The predicted octanol–water partition coefficient (Wildman–Crippen LogP) is 15.7. The molecule has 316 valence electrons. The van der Waals surface area contributed by atoms with Crippen LogP contribution < -0.4 is 0 Å². The lowest BCUT2D eigenvalue weighted by molar-refractivity contribution is -0.00518. The molecule has 4 fully saturated rings. The molecule has 4 bridgehead atoms. The average Bonchev–Trinajstić information content (AvgIpc) is 3.92. The Labute approximate surface area is 383 Å². The highest BCUT2D eigenvalue weighted by molar-refractivity contribution is 6.11. The zero-order valence-corrected chi connectivity index (χ0v) is 36.6. The summed E-state index contributed by atoms with van der Waals surface area (Å²) in [6.45, 7) is 0. The lowest BCUT2D eigenvalue weighted by Crippen LogP contribution is -2.48. The van der Waals surface area contributed by atoms with Crippen molar-refractivity contribution in [1.29, 1.82) is 0 Å². The molecule has 3 aromatic heterocycles. The molecular formula is C61H46N4O. The first-order valence-corrected chi connectivity index (χ1v) is 23.7. The van der Waals surface area contributed by atoms with E-state index in [4.69, 9.17) is 19.4 Å². The van der Waals surface area contributed by atoms with Crippen LogP contribution in [0.4, 0.5) is 0 Å². The number of para-hydroxylation sites is 3. The third-order valence-corrected chi connectivity index (χ3v) is 15.4. The summed E-state index contributed by atoms with van der Waals surface area (Å²) in [6.07, 6.45) is 8.42. The quantitative estimate of drug-likeness (QED) is 0.160. The van der Waals surface area contributed by atoms with E-state index in [1.54, 1.807) is 0 Å². The number of hydrogen-bond acceptors (Lipinski definition) is 4. The van der Waals surface area contributed by atoms with Gasteiger partial charge in [0.25, 0.3) is 0 Å². The maximum atomic E-state index is 6.78. The molecule has 0 N–H and O–H groups in total. The monoisotopic (exact) mass is 850 g/mol. The largest absolute Gasteiger partial charge is 0.455 e. The van der Waals surface area contributed by atoms with Crippen molar-refractivity contribution >= 4 is 43.7 Å². The van der Waals surface area contributed by atoms with Crippen molar-refractivity contribution in [1.82, 2.24) is 19.5 Å². The highest BCUT2D eigenvalue weighted by Gasteiger charge is 2.51. The lowest BCUT2D eigenvalue weighted by Gasteiger charge is -2.57. The second-order valence-electron chi connectivity index (χ2n) is 19.4. The fourth-order valence-electron chi connectivity index (χ4n) is 12.8. The molecule has 8 aromatic carbocycles. The van der Waals surface area contributed by atoms with Crippen LogP contribution in [0.2, 0.25) is 0 Å². The zero-order chi connectivity index (χ0) is 43.3. The number of furan rings is 1. The summed E-state index contributed by atoms with van der Waals surface area (Å²) in [5.74, 6) is 4.50. The number of aromatic nitrogens is 4. The van der Waals surface area contributed by atoms with E-state index in [0.29, 0.717) is 22.9 Å². The van der Waals surface area contributed by atoms with Crippen LogP contribution in [-0.4, -0.2) is 19.5 Å². The van der Waals surface area contributed by atoms with Gasteiger partial charge in [0.2, 0.25) is 0 Å². The number of rotatable bonds is 7. The molecule has 4 aliphatic rings. The highest BCUT2D eigenvalue weighted by atomic mass is 16.3. The van der Waals surface area contributed by atoms with Crippen molar-refractivity contribution in [2.75, 3.05) is 0 Å². The van der Waals surface area contributed by atoms with Gasteiger partial charge in [0, 0.05) is 38.4 Å². The molecule has 0 aliphatic heterocycles. The van der Waals surface area contributed by atoms with Crippen LogP contribution >= 0.6 is 0 Å². The first kappa shape index (κ1) is 37.7. The van der Waals surface area contributed by atoms with Crippen molar-refractivity contribution in [3.63, 3.8) is 0 Å². The Morgan fingerprint density at radius 2 is 0.955 bits per heavy atom. The predicted molar refractivity (Wildman–Crippen MR) is 268 cm³/mol. The molecule has 3 heterocycles. The summed E-state index contributed by atoms with van der Waals surface area (Å²) in [6, 6.07) is 67.4. The van der Waals surface area contributed by atoms with E-state index < -0.39 is 0 Å². The molecule has 5 nitrogen and oxygen atoms in total. The van der Waals surface area contributed by atoms with E-state index in [0.717, 1.165) is 78.8 Å². The van der Waals surface area contributed by atoms with Crippen LogP contribution in [0.3, 0.4) is 0 Å². The third kappa shape index (κ3) is 6.10. The van der Waals surface area contributed by atoms with Crippen LogP contribution in [0.25, 0.3) is 106 Å². The van der Waals surface area contributed by atoms with E-state index in [9.17, 15) is 0 Å². The Kier molecular flexibility index (Phi) is 8.40. The van der Waals surface area contributed by atoms with E-state index >= 15 is 0 Å². The van der Waals surface area contributed by atoms with E-state index in [2.05, 4.69) is 187 Å². The number of nitrogens with zero attached hydrogens (tertiary/aromatic N) is 4. The van der Waals surface area contributed by atoms with Crippen molar-refractivity contribution < 1.29 is 4.42 Å². The molecule has 4 aliphatic carbocycles. The van der Waals surface area contributed by atoms with Gasteiger partial charge in [-0.05, 0) is 150 Å². The van der Waals surface area contributed by atoms with Gasteiger partial charge in [0.15, 0.2) is 17.5 Å². The first-order chi connectivity index (χ1) is 32.6. The minimum Gasteiger partial charge on any atom is -0.455 e. The first-order valence-electron chi connectivity index (χ1n) is 23.7. The molecular weight excluding hydrogens is 805 g/mol. The van der Waals surface area contributed by atoms with E-state index in [1.165, 1.54) is 71.5 Å². The molecule has 0 radical (unpaired) electrons. The van der Waals surface area contributed by atoms with Gasteiger partial charge in [-0.3, -0.25) is 0 Å². The van der Waals surface area contributed by atoms with Crippen LogP contribution in [-0.2, 0) is 5.41 Å². The lowest BCUT2D eigenvalue weighted by atomic mass is 9.48. The average molecular weight is 851 g/mol. The van der Waals surface area contributed by atoms with Crippen LogP contribution in [0.15, 0.2) is 192 Å². The Morgan fingerprint density at radius 3 is 1.65 bits per heavy atom. The highest BCUT2D eigenvalue weighted by Crippen LogP contribution is 2.61. The van der Waals surface area contributed by atoms with Gasteiger partial charge >= 0.3 is 0 Å². The molecule has 0 saturated heterocycles. The molecule has 5 heteroatoms. The van der Waals surface area contributed by atoms with Gasteiger partial charge in [-0.25, -0.2) is 15.0 Å². The summed E-state index contributed by atoms with van der Waals surface area (Å²) in [4.78, 5) is 16.0. The third-order valence-electron chi connectivity index (χ3n) is 15.4. The van der Waals surface area contributed by atoms with Crippen molar-refractivity contribution in [2.24, 2.45) is 17.8 Å². The molecule has 15 rings (SSSR count). The van der Waals surface area contributed by atoms with Gasteiger partial charge in [-0.1, -0.05) is 127 Å². The molecule has 4 saturated carbocycles. The fourth-order valence-corrected chi connectivity index (χ4v) is 12.8. The second kappa shape index (κ2) is 14.7. The van der Waals surface area contributed by atoms with Gasteiger partial charge in [0.05, 0.1) is 16.6 Å². The minimum absolute atomic E-state index is 0.348. The van der Waals surface area contributed by atoms with Crippen molar-refractivity contribution in [3.8, 4) is 62.1 Å². The molecule has 11 aromatic rings. The van der Waals surface area contributed by atoms with Crippen molar-refractivity contribution in [2.45, 2.75) is 43.9 Å². The Hall–Kier alpha value is -7.63. The summed E-state index contributed by atoms with van der Waals surface area (Å²) in [5, 5.41) is 4.60.